The molecule has 0 rings (SSSR count). The Bertz CT molecular complexity index is 528. The van der Waals surface area contributed by atoms with E-state index in [2.05, 4.69) is 6.58 Å². The molecule has 0 amide bonds. The fourth-order valence-corrected chi connectivity index (χ4v) is 1.67. The number of nitrogens with one attached hydrogen (secondary N) is 1. The lowest BCUT2D eigenvalue weighted by atomic mass is 10.4. The molecule has 0 aliphatic heterocycles. The van der Waals surface area contributed by atoms with E-state index in [1.54, 1.807) is 0 Å². The summed E-state index contributed by atoms with van der Waals surface area (Å²) in [6.45, 7) is 3.28. The topological polar surface area (TPSA) is 132 Å². The van der Waals surface area contributed by atoms with E-state index in [4.69, 9.17) is 10.9 Å². The van der Waals surface area contributed by atoms with E-state index in [1.165, 1.54) is 0 Å². The van der Waals surface area contributed by atoms with Crippen LogP contribution in [0.3, 0.4) is 0 Å². The van der Waals surface area contributed by atoms with Crippen LogP contribution in [-0.2, 0) is 20.0 Å². The Morgan fingerprint density at radius 2 is 1.81 bits per heavy atom. The maximum atomic E-state index is 11.1. The van der Waals surface area contributed by atoms with Gasteiger partial charge in [-0.15, -0.1) is 0 Å². The largest absolute Gasteiger partial charge is 0.398 e. The first-order valence-electron chi connectivity index (χ1n) is 3.87. The second-order valence-electron chi connectivity index (χ2n) is 2.79. The van der Waals surface area contributed by atoms with Gasteiger partial charge in [0.25, 0.3) is 0 Å². The van der Waals surface area contributed by atoms with Crippen molar-refractivity contribution in [3.63, 3.8) is 0 Å². The predicted octanol–water partition coefficient (Wildman–Crippen LogP) is -1.31. The number of primary sulfonamides is 1. The van der Waals surface area contributed by atoms with E-state index in [9.17, 15) is 16.8 Å². The lowest BCUT2D eigenvalue weighted by Gasteiger charge is -2.02. The first-order valence-corrected chi connectivity index (χ1v) is 7.30. The molecule has 0 aliphatic rings. The molecule has 92 valence electrons. The van der Waals surface area contributed by atoms with Crippen molar-refractivity contribution in [2.24, 2.45) is 10.9 Å². The lowest BCUT2D eigenvalue weighted by molar-refractivity contribution is 0.595. The summed E-state index contributed by atoms with van der Waals surface area (Å²) in [5, 5.41) is 4.86. The van der Waals surface area contributed by atoms with E-state index in [0.717, 1.165) is 24.6 Å². The van der Waals surface area contributed by atoms with E-state index >= 15 is 0 Å². The zero-order valence-corrected chi connectivity index (χ0v) is 10.2. The molecule has 0 aromatic heterocycles. The van der Waals surface area contributed by atoms with Crippen LogP contribution < -0.4 is 15.6 Å². The molecular weight excluding hydrogens is 254 g/mol. The molecule has 0 unspecified atom stereocenters. The molecule has 0 aromatic carbocycles. The van der Waals surface area contributed by atoms with Gasteiger partial charge in [0.15, 0.2) is 0 Å². The summed E-state index contributed by atoms with van der Waals surface area (Å²) in [4.78, 5) is -0.418. The second kappa shape index (κ2) is 5.14. The number of nitrogens with two attached hydrogens (primary N) is 2. The Balaban J connectivity index is 5.24. The van der Waals surface area contributed by atoms with E-state index in [1.807, 2.05) is 4.72 Å². The summed E-state index contributed by atoms with van der Waals surface area (Å²) >= 11 is 0. The highest BCUT2D eigenvalue weighted by Gasteiger charge is 2.11. The lowest BCUT2D eigenvalue weighted by Crippen LogP contribution is -2.19. The van der Waals surface area contributed by atoms with Gasteiger partial charge in [0.1, 0.15) is 4.91 Å². The Morgan fingerprint density at radius 1 is 1.31 bits per heavy atom. The third-order valence-electron chi connectivity index (χ3n) is 1.33. The number of allylic oxidation sites excluding steroid dienone is 2. The normalized spacial score (nSPS) is 14.6. The van der Waals surface area contributed by atoms with Crippen molar-refractivity contribution in [3.8, 4) is 0 Å². The van der Waals surface area contributed by atoms with Crippen molar-refractivity contribution in [2.75, 3.05) is 6.26 Å². The Labute approximate surface area is 94.6 Å². The van der Waals surface area contributed by atoms with Gasteiger partial charge in [0, 0.05) is 6.20 Å². The highest BCUT2D eigenvalue weighted by Crippen LogP contribution is 2.07. The fourth-order valence-electron chi connectivity index (χ4n) is 0.689. The van der Waals surface area contributed by atoms with Crippen molar-refractivity contribution in [2.45, 2.75) is 0 Å². The monoisotopic (exact) mass is 267 g/mol. The zero-order valence-electron chi connectivity index (χ0n) is 8.54. The molecule has 0 saturated heterocycles. The number of rotatable bonds is 5. The van der Waals surface area contributed by atoms with Crippen molar-refractivity contribution in [3.05, 3.63) is 35.5 Å². The van der Waals surface area contributed by atoms with Crippen LogP contribution in [0.2, 0.25) is 0 Å². The maximum Gasteiger partial charge on any atom is 0.240 e. The first kappa shape index (κ1) is 14.7. The minimum Gasteiger partial charge on any atom is -0.398 e. The van der Waals surface area contributed by atoms with Gasteiger partial charge < -0.3 is 5.73 Å². The quantitative estimate of drug-likeness (QED) is 0.532. The van der Waals surface area contributed by atoms with Crippen molar-refractivity contribution in [1.29, 1.82) is 0 Å². The van der Waals surface area contributed by atoms with Crippen LogP contribution in [0.15, 0.2) is 35.5 Å². The van der Waals surface area contributed by atoms with Crippen LogP contribution in [0.25, 0.3) is 0 Å². The number of sulfonamides is 2. The third-order valence-corrected chi connectivity index (χ3v) is 2.88. The summed E-state index contributed by atoms with van der Waals surface area (Å²) in [5.41, 5.74) is 5.15. The van der Waals surface area contributed by atoms with Gasteiger partial charge in [0.05, 0.1) is 12.0 Å². The molecule has 0 heterocycles. The highest BCUT2D eigenvalue weighted by atomic mass is 32.2. The van der Waals surface area contributed by atoms with Gasteiger partial charge in [-0.2, -0.15) is 0 Å². The SMILES string of the molecule is C=C/C(N)=C(\C=C\NS(C)(=O)=O)S(N)(=O)=O. The molecule has 16 heavy (non-hydrogen) atoms. The molecule has 0 radical (unpaired) electrons. The van der Waals surface area contributed by atoms with Gasteiger partial charge in [-0.25, -0.2) is 22.0 Å². The summed E-state index contributed by atoms with van der Waals surface area (Å²) < 4.78 is 45.4. The number of hydrogen-bond donors (Lipinski definition) is 3. The Hall–Kier alpha value is -1.32. The standard InChI is InChI=1S/C7H13N3O4S2/c1-3-6(8)7(16(9,13)14)4-5-10-15(2,11)12/h3-5,10H,1,8H2,2H3,(H2,9,13,14)/b5-4+,7-6-. The molecule has 0 saturated carbocycles. The summed E-state index contributed by atoms with van der Waals surface area (Å²) in [7, 11) is -7.49. The molecule has 7 nitrogen and oxygen atoms in total. The zero-order chi connectivity index (χ0) is 13.0. The average molecular weight is 267 g/mol. The van der Waals surface area contributed by atoms with Crippen molar-refractivity contribution < 1.29 is 16.8 Å². The van der Waals surface area contributed by atoms with Gasteiger partial charge in [-0.3, -0.25) is 4.72 Å². The predicted molar refractivity (Wildman–Crippen MR) is 61.6 cm³/mol. The molecule has 0 aliphatic carbocycles. The number of hydrogen-bond acceptors (Lipinski definition) is 5. The van der Waals surface area contributed by atoms with Crippen LogP contribution >= 0.6 is 0 Å². The van der Waals surface area contributed by atoms with Gasteiger partial charge in [-0.05, 0) is 12.2 Å². The summed E-state index contributed by atoms with van der Waals surface area (Å²) in [6, 6.07) is 0. The molecule has 0 fully saturated rings. The van der Waals surface area contributed by atoms with Gasteiger partial charge >= 0.3 is 0 Å². The smallest absolute Gasteiger partial charge is 0.240 e. The fraction of sp³-hybridized carbons (Fsp3) is 0.143. The van der Waals surface area contributed by atoms with Crippen LogP contribution in [0, 0.1) is 0 Å². The molecule has 5 N–H and O–H groups in total. The third kappa shape index (κ3) is 5.53. The van der Waals surface area contributed by atoms with E-state index in [0.29, 0.717) is 0 Å². The molecule has 0 bridgehead atoms. The van der Waals surface area contributed by atoms with Crippen LogP contribution in [0.5, 0.6) is 0 Å². The highest BCUT2D eigenvalue weighted by molar-refractivity contribution is 7.93. The maximum absolute atomic E-state index is 11.1. The van der Waals surface area contributed by atoms with Crippen LogP contribution in [-0.4, -0.2) is 23.1 Å². The van der Waals surface area contributed by atoms with Crippen molar-refractivity contribution >= 4 is 20.0 Å². The average Bonchev–Trinajstić information content (AvgIpc) is 2.07. The molecule has 0 spiro atoms. The molecule has 9 heteroatoms. The second-order valence-corrected chi connectivity index (χ2v) is 6.10. The molecular formula is C7H13N3O4S2. The molecule has 0 aromatic rings. The first-order chi connectivity index (χ1) is 7.08. The minimum absolute atomic E-state index is 0.172. The van der Waals surface area contributed by atoms with Crippen molar-refractivity contribution in [1.82, 2.24) is 4.72 Å². The Kier molecular flexibility index (Phi) is 4.72. The minimum atomic E-state index is -4.03. The van der Waals surface area contributed by atoms with Crippen LogP contribution in [0.4, 0.5) is 0 Å². The summed E-state index contributed by atoms with van der Waals surface area (Å²) in [6.07, 6.45) is 3.85. The van der Waals surface area contributed by atoms with Gasteiger partial charge in [-0.1, -0.05) is 6.58 Å². The summed E-state index contributed by atoms with van der Waals surface area (Å²) in [5.74, 6) is 0. The Morgan fingerprint density at radius 3 is 2.12 bits per heavy atom. The van der Waals surface area contributed by atoms with E-state index < -0.39 is 25.0 Å². The van der Waals surface area contributed by atoms with Gasteiger partial charge in [0.2, 0.25) is 20.0 Å². The van der Waals surface area contributed by atoms with E-state index in [-0.39, 0.29) is 5.70 Å². The van der Waals surface area contributed by atoms with Crippen LogP contribution in [0.1, 0.15) is 0 Å². The molecule has 0 atom stereocenters.